The van der Waals surface area contributed by atoms with Crippen LogP contribution in [-0.4, -0.2) is 31.4 Å². The van der Waals surface area contributed by atoms with E-state index in [4.69, 9.17) is 0 Å². The van der Waals surface area contributed by atoms with E-state index >= 15 is 0 Å². The number of aryl methyl sites for hydroxylation is 1. The summed E-state index contributed by atoms with van der Waals surface area (Å²) in [5.74, 6) is 0.703. The van der Waals surface area contributed by atoms with Crippen molar-refractivity contribution in [2.45, 2.75) is 33.4 Å². The molecule has 124 valence electrons. The number of thiophene rings is 1. The van der Waals surface area contributed by atoms with Crippen LogP contribution in [0.5, 0.6) is 0 Å². The first-order chi connectivity index (χ1) is 11.5. The summed E-state index contributed by atoms with van der Waals surface area (Å²) in [6, 6.07) is 7.86. The van der Waals surface area contributed by atoms with Gasteiger partial charge in [-0.3, -0.25) is 9.36 Å². The first-order valence-electron chi connectivity index (χ1n) is 7.85. The molecule has 0 spiro atoms. The zero-order chi connectivity index (χ0) is 17.1. The molecule has 0 fully saturated rings. The van der Waals surface area contributed by atoms with Crippen LogP contribution < -0.4 is 0 Å². The smallest absolute Gasteiger partial charge is 0.254 e. The molecule has 0 aliphatic carbocycles. The summed E-state index contributed by atoms with van der Waals surface area (Å²) < 4.78 is 1.79. The summed E-state index contributed by atoms with van der Waals surface area (Å²) >= 11 is 1.73. The highest BCUT2D eigenvalue weighted by molar-refractivity contribution is 7.11. The van der Waals surface area contributed by atoms with Crippen molar-refractivity contribution >= 4 is 17.2 Å². The second-order valence-corrected chi connectivity index (χ2v) is 7.28. The van der Waals surface area contributed by atoms with Crippen molar-refractivity contribution < 1.29 is 4.79 Å². The number of amides is 1. The first kappa shape index (κ1) is 16.4. The third-order valence-corrected chi connectivity index (χ3v) is 4.75. The van der Waals surface area contributed by atoms with Gasteiger partial charge < -0.3 is 4.90 Å². The molecule has 0 aromatic carbocycles. The van der Waals surface area contributed by atoms with Gasteiger partial charge in [0.2, 0.25) is 0 Å². The summed E-state index contributed by atoms with van der Waals surface area (Å²) in [5, 5.41) is 0. The van der Waals surface area contributed by atoms with Crippen molar-refractivity contribution in [3.63, 3.8) is 0 Å². The standard InChI is InChI=1S/C18H20N4OS/c1-13(2)22(11-16-5-4-14(3)24-16)18(23)15-6-7-20-17(10-15)21-9-8-19-12-21/h4-10,12-13H,11H2,1-3H3. The van der Waals surface area contributed by atoms with Crippen molar-refractivity contribution in [3.05, 3.63) is 64.5 Å². The number of hydrogen-bond donors (Lipinski definition) is 0. The highest BCUT2D eigenvalue weighted by Crippen LogP contribution is 2.20. The molecule has 5 nitrogen and oxygen atoms in total. The van der Waals surface area contributed by atoms with Gasteiger partial charge in [-0.1, -0.05) is 0 Å². The second-order valence-electron chi connectivity index (χ2n) is 5.91. The molecule has 0 saturated carbocycles. The fourth-order valence-corrected chi connectivity index (χ4v) is 3.37. The van der Waals surface area contributed by atoms with Crippen LogP contribution in [0.4, 0.5) is 0 Å². The van der Waals surface area contributed by atoms with Gasteiger partial charge in [0.25, 0.3) is 5.91 Å². The molecule has 3 aromatic rings. The van der Waals surface area contributed by atoms with Crippen molar-refractivity contribution in [3.8, 4) is 5.82 Å². The van der Waals surface area contributed by atoms with Gasteiger partial charge in [-0.05, 0) is 45.0 Å². The number of carbonyl (C=O) groups is 1. The maximum absolute atomic E-state index is 13.0. The first-order valence-corrected chi connectivity index (χ1v) is 8.67. The Bertz CT molecular complexity index is 823. The van der Waals surface area contributed by atoms with Crippen LogP contribution in [-0.2, 0) is 6.54 Å². The van der Waals surface area contributed by atoms with E-state index in [1.807, 2.05) is 24.9 Å². The fraction of sp³-hybridized carbons (Fsp3) is 0.278. The normalized spacial score (nSPS) is 11.0. The van der Waals surface area contributed by atoms with Gasteiger partial charge in [-0.25, -0.2) is 9.97 Å². The van der Waals surface area contributed by atoms with Gasteiger partial charge in [0.15, 0.2) is 0 Å². The molecule has 3 heterocycles. The Hall–Kier alpha value is -2.47. The minimum Gasteiger partial charge on any atom is -0.331 e. The Morgan fingerprint density at radius 1 is 1.29 bits per heavy atom. The van der Waals surface area contributed by atoms with Gasteiger partial charge in [-0.2, -0.15) is 0 Å². The Balaban J connectivity index is 1.86. The SMILES string of the molecule is Cc1ccc(CN(C(=O)c2ccnc(-n3ccnc3)c2)C(C)C)s1. The van der Waals surface area contributed by atoms with Crippen molar-refractivity contribution in [2.24, 2.45) is 0 Å². The fourth-order valence-electron chi connectivity index (χ4n) is 2.48. The summed E-state index contributed by atoms with van der Waals surface area (Å²) in [6.07, 6.45) is 6.84. The number of carbonyl (C=O) groups excluding carboxylic acids is 1. The van der Waals surface area contributed by atoms with E-state index in [9.17, 15) is 4.79 Å². The average molecular weight is 340 g/mol. The molecular weight excluding hydrogens is 320 g/mol. The van der Waals surface area contributed by atoms with Crippen LogP contribution >= 0.6 is 11.3 Å². The molecule has 0 aliphatic rings. The summed E-state index contributed by atoms with van der Waals surface area (Å²) in [4.78, 5) is 25.7. The third kappa shape index (κ3) is 3.54. The van der Waals surface area contributed by atoms with Crippen LogP contribution in [0.25, 0.3) is 5.82 Å². The lowest BCUT2D eigenvalue weighted by Gasteiger charge is -2.26. The van der Waals surface area contributed by atoms with Crippen LogP contribution in [0.15, 0.2) is 49.2 Å². The minimum absolute atomic E-state index is 0.0137. The van der Waals surface area contributed by atoms with E-state index < -0.39 is 0 Å². The van der Waals surface area contributed by atoms with E-state index in [0.717, 1.165) is 0 Å². The van der Waals surface area contributed by atoms with E-state index in [-0.39, 0.29) is 11.9 Å². The van der Waals surface area contributed by atoms with Crippen molar-refractivity contribution in [1.82, 2.24) is 19.4 Å². The maximum Gasteiger partial charge on any atom is 0.254 e. The topological polar surface area (TPSA) is 51.0 Å². The molecule has 0 saturated heterocycles. The average Bonchev–Trinajstić information content (AvgIpc) is 3.23. The molecule has 0 bridgehead atoms. The second kappa shape index (κ2) is 6.97. The zero-order valence-electron chi connectivity index (χ0n) is 14.0. The van der Waals surface area contributed by atoms with Gasteiger partial charge >= 0.3 is 0 Å². The summed E-state index contributed by atoms with van der Waals surface area (Å²) in [5.41, 5.74) is 0.635. The number of imidazole rings is 1. The monoisotopic (exact) mass is 340 g/mol. The van der Waals surface area contributed by atoms with Crippen LogP contribution in [0.3, 0.4) is 0 Å². The predicted molar refractivity (Wildman–Crippen MR) is 95.4 cm³/mol. The Kier molecular flexibility index (Phi) is 4.76. The molecule has 24 heavy (non-hydrogen) atoms. The molecule has 3 aromatic heterocycles. The summed E-state index contributed by atoms with van der Waals surface area (Å²) in [6.45, 7) is 6.78. The third-order valence-electron chi connectivity index (χ3n) is 3.77. The highest BCUT2D eigenvalue weighted by Gasteiger charge is 2.20. The van der Waals surface area contributed by atoms with Gasteiger partial charge in [0.1, 0.15) is 12.1 Å². The molecular formula is C18H20N4OS. The van der Waals surface area contributed by atoms with E-state index in [1.165, 1.54) is 9.75 Å². The lowest BCUT2D eigenvalue weighted by molar-refractivity contribution is 0.0692. The van der Waals surface area contributed by atoms with E-state index in [0.29, 0.717) is 17.9 Å². The van der Waals surface area contributed by atoms with Crippen molar-refractivity contribution in [1.29, 1.82) is 0 Å². The molecule has 0 unspecified atom stereocenters. The Morgan fingerprint density at radius 2 is 2.12 bits per heavy atom. The lowest BCUT2D eigenvalue weighted by atomic mass is 10.2. The molecule has 3 rings (SSSR count). The molecule has 0 N–H and O–H groups in total. The number of nitrogens with zero attached hydrogens (tertiary/aromatic N) is 4. The van der Waals surface area contributed by atoms with E-state index in [2.05, 4.69) is 29.0 Å². The molecule has 0 radical (unpaired) electrons. The lowest BCUT2D eigenvalue weighted by Crippen LogP contribution is -2.36. The maximum atomic E-state index is 13.0. The zero-order valence-corrected chi connectivity index (χ0v) is 14.8. The number of rotatable bonds is 5. The quantitative estimate of drug-likeness (QED) is 0.712. The Labute approximate surface area is 145 Å². The number of pyridine rings is 1. The highest BCUT2D eigenvalue weighted by atomic mass is 32.1. The minimum atomic E-state index is 0.0137. The van der Waals surface area contributed by atoms with Gasteiger partial charge in [0.05, 0.1) is 6.54 Å². The molecule has 0 aliphatic heterocycles. The van der Waals surface area contributed by atoms with Crippen LogP contribution in [0.1, 0.15) is 34.0 Å². The number of aromatic nitrogens is 3. The molecule has 1 amide bonds. The molecule has 0 atom stereocenters. The largest absolute Gasteiger partial charge is 0.331 e. The van der Waals surface area contributed by atoms with E-state index in [1.54, 1.807) is 46.8 Å². The van der Waals surface area contributed by atoms with Crippen LogP contribution in [0.2, 0.25) is 0 Å². The van der Waals surface area contributed by atoms with Crippen molar-refractivity contribution in [2.75, 3.05) is 0 Å². The van der Waals surface area contributed by atoms with Gasteiger partial charge in [-0.15, -0.1) is 11.3 Å². The van der Waals surface area contributed by atoms with Gasteiger partial charge in [0, 0.05) is 40.0 Å². The molecule has 6 heteroatoms. The Morgan fingerprint density at radius 3 is 2.75 bits per heavy atom. The summed E-state index contributed by atoms with van der Waals surface area (Å²) in [7, 11) is 0. The predicted octanol–water partition coefficient (Wildman–Crippen LogP) is 3.69. The number of hydrogen-bond acceptors (Lipinski definition) is 4. The van der Waals surface area contributed by atoms with Crippen LogP contribution in [0, 0.1) is 6.92 Å².